The lowest BCUT2D eigenvalue weighted by molar-refractivity contribution is 0.671. The van der Waals surface area contributed by atoms with E-state index in [-0.39, 0.29) is 0 Å². The molecule has 3 N–H and O–H groups in total. The molecule has 0 bridgehead atoms. The number of nitrogens with two attached hydrogens (primary N) is 1. The minimum atomic E-state index is -1.12. The highest BCUT2D eigenvalue weighted by Crippen LogP contribution is 2.08. The molecule has 1 aromatic carbocycles. The van der Waals surface area contributed by atoms with E-state index in [1.54, 1.807) is 24.3 Å². The summed E-state index contributed by atoms with van der Waals surface area (Å²) in [4.78, 5) is 0.758. The number of anilines is 1. The molecular weight excluding hydrogens is 264 g/mol. The van der Waals surface area contributed by atoms with Gasteiger partial charge < -0.3 is 5.73 Å². The van der Waals surface area contributed by atoms with Crippen molar-refractivity contribution in [2.45, 2.75) is 11.3 Å². The molecule has 0 amide bonds. The first kappa shape index (κ1) is 11.7. The van der Waals surface area contributed by atoms with Gasteiger partial charge in [0.2, 0.25) is 0 Å². The molecule has 1 atom stereocenters. The maximum atomic E-state index is 11.6. The quantitative estimate of drug-likeness (QED) is 0.488. The fourth-order valence-electron chi connectivity index (χ4n) is 0.906. The third-order valence-corrected chi connectivity index (χ3v) is 3.37. The van der Waals surface area contributed by atoms with Crippen LogP contribution in [0.25, 0.3) is 0 Å². The first-order chi connectivity index (χ1) is 6.74. The van der Waals surface area contributed by atoms with E-state index in [4.69, 9.17) is 5.73 Å². The molecule has 0 aliphatic rings. The third kappa shape index (κ3) is 3.77. The summed E-state index contributed by atoms with van der Waals surface area (Å²) in [7, 11) is -1.12. The van der Waals surface area contributed by atoms with Gasteiger partial charge in [-0.1, -0.05) is 15.9 Å². The van der Waals surface area contributed by atoms with Gasteiger partial charge in [0.05, 0.1) is 4.90 Å². The lowest BCUT2D eigenvalue weighted by Gasteiger charge is -2.03. The molecule has 1 unspecified atom stereocenters. The molecule has 1 aromatic rings. The second kappa shape index (κ2) is 6.16. The topological polar surface area (TPSA) is 55.1 Å². The van der Waals surface area contributed by atoms with Crippen molar-refractivity contribution in [3.05, 3.63) is 24.3 Å². The summed E-state index contributed by atoms with van der Waals surface area (Å²) in [5.41, 5.74) is 6.21. The Labute approximate surface area is 94.8 Å². The van der Waals surface area contributed by atoms with E-state index in [1.165, 1.54) is 0 Å². The number of halogens is 1. The summed E-state index contributed by atoms with van der Waals surface area (Å²) in [6.45, 7) is 0.738. The second-order valence-electron chi connectivity index (χ2n) is 2.77. The van der Waals surface area contributed by atoms with Crippen LogP contribution in [-0.4, -0.2) is 16.1 Å². The van der Waals surface area contributed by atoms with E-state index in [0.29, 0.717) is 5.69 Å². The van der Waals surface area contributed by atoms with Crippen LogP contribution in [0.5, 0.6) is 0 Å². The average molecular weight is 277 g/mol. The van der Waals surface area contributed by atoms with Gasteiger partial charge in [-0.2, -0.15) is 0 Å². The highest BCUT2D eigenvalue weighted by atomic mass is 79.9. The smallest absolute Gasteiger partial charge is 0.124 e. The Balaban J connectivity index is 2.48. The van der Waals surface area contributed by atoms with Crippen LogP contribution in [0, 0.1) is 0 Å². The molecular formula is C9H13BrN2OS. The molecule has 14 heavy (non-hydrogen) atoms. The predicted molar refractivity (Wildman–Crippen MR) is 63.7 cm³/mol. The van der Waals surface area contributed by atoms with E-state index >= 15 is 0 Å². The van der Waals surface area contributed by atoms with Gasteiger partial charge in [0.1, 0.15) is 11.0 Å². The van der Waals surface area contributed by atoms with Crippen molar-refractivity contribution in [2.75, 3.05) is 17.6 Å². The predicted octanol–water partition coefficient (Wildman–Crippen LogP) is 1.67. The molecule has 78 valence electrons. The van der Waals surface area contributed by atoms with E-state index in [9.17, 15) is 4.21 Å². The Morgan fingerprint density at radius 2 is 2.00 bits per heavy atom. The first-order valence-corrected chi connectivity index (χ1v) is 6.58. The standard InChI is InChI=1S/C9H13BrN2OS/c10-6-1-7-12-14(13)9-4-2-8(11)3-5-9/h2-5,12H,1,6-7,11H2. The number of alkyl halides is 1. The van der Waals surface area contributed by atoms with Crippen LogP contribution in [-0.2, 0) is 11.0 Å². The van der Waals surface area contributed by atoms with Crippen molar-refractivity contribution >= 4 is 32.6 Å². The maximum absolute atomic E-state index is 11.6. The van der Waals surface area contributed by atoms with Crippen LogP contribution in [0.3, 0.4) is 0 Å². The molecule has 3 nitrogen and oxygen atoms in total. The monoisotopic (exact) mass is 276 g/mol. The summed E-state index contributed by atoms with van der Waals surface area (Å²) in [5.74, 6) is 0. The fourth-order valence-corrected chi connectivity index (χ4v) is 2.07. The molecule has 0 radical (unpaired) electrons. The minimum Gasteiger partial charge on any atom is -0.399 e. The van der Waals surface area contributed by atoms with Crippen molar-refractivity contribution in [3.63, 3.8) is 0 Å². The van der Waals surface area contributed by atoms with Crippen LogP contribution >= 0.6 is 15.9 Å². The Hall–Kier alpha value is -0.390. The van der Waals surface area contributed by atoms with E-state index in [0.717, 1.165) is 23.2 Å². The average Bonchev–Trinajstić information content (AvgIpc) is 2.19. The van der Waals surface area contributed by atoms with Crippen molar-refractivity contribution in [1.82, 2.24) is 4.72 Å². The van der Waals surface area contributed by atoms with Crippen molar-refractivity contribution in [2.24, 2.45) is 0 Å². The van der Waals surface area contributed by atoms with Gasteiger partial charge in [0, 0.05) is 17.6 Å². The second-order valence-corrected chi connectivity index (χ2v) is 4.87. The van der Waals surface area contributed by atoms with Crippen LogP contribution in [0.1, 0.15) is 6.42 Å². The fraction of sp³-hybridized carbons (Fsp3) is 0.333. The van der Waals surface area contributed by atoms with Crippen LogP contribution in [0.15, 0.2) is 29.2 Å². The van der Waals surface area contributed by atoms with Crippen LogP contribution < -0.4 is 10.5 Å². The zero-order valence-corrected chi connectivity index (χ0v) is 10.1. The lowest BCUT2D eigenvalue weighted by atomic mass is 10.3. The Bertz CT molecular complexity index is 302. The summed E-state index contributed by atoms with van der Waals surface area (Å²) in [6.07, 6.45) is 0.959. The summed E-state index contributed by atoms with van der Waals surface area (Å²) < 4.78 is 14.5. The summed E-state index contributed by atoms with van der Waals surface area (Å²) in [5, 5.41) is 0.916. The van der Waals surface area contributed by atoms with Gasteiger partial charge in [-0.25, -0.2) is 8.93 Å². The van der Waals surface area contributed by atoms with Crippen LogP contribution in [0.4, 0.5) is 5.69 Å². The number of hydrogen-bond acceptors (Lipinski definition) is 2. The van der Waals surface area contributed by atoms with Gasteiger partial charge >= 0.3 is 0 Å². The number of benzene rings is 1. The SMILES string of the molecule is Nc1ccc(S(=O)NCCCBr)cc1. The van der Waals surface area contributed by atoms with E-state index < -0.39 is 11.0 Å². The Morgan fingerprint density at radius 1 is 1.36 bits per heavy atom. The summed E-state index contributed by atoms with van der Waals surface area (Å²) in [6, 6.07) is 7.04. The molecule has 5 heteroatoms. The van der Waals surface area contributed by atoms with Crippen molar-refractivity contribution in [1.29, 1.82) is 0 Å². The normalized spacial score (nSPS) is 12.6. The Kier molecular flexibility index (Phi) is 5.14. The summed E-state index contributed by atoms with van der Waals surface area (Å²) >= 11 is 3.31. The lowest BCUT2D eigenvalue weighted by Crippen LogP contribution is -2.18. The minimum absolute atomic E-state index is 0.686. The highest BCUT2D eigenvalue weighted by Gasteiger charge is 2.01. The number of nitrogens with one attached hydrogen (secondary N) is 1. The number of hydrogen-bond donors (Lipinski definition) is 2. The molecule has 0 saturated carbocycles. The van der Waals surface area contributed by atoms with Gasteiger partial charge in [-0.05, 0) is 30.7 Å². The third-order valence-electron chi connectivity index (χ3n) is 1.64. The largest absolute Gasteiger partial charge is 0.399 e. The first-order valence-electron chi connectivity index (χ1n) is 4.31. The van der Waals surface area contributed by atoms with Gasteiger partial charge in [-0.3, -0.25) is 0 Å². The molecule has 0 aromatic heterocycles. The molecule has 0 heterocycles. The van der Waals surface area contributed by atoms with E-state index in [1.807, 2.05) is 0 Å². The molecule has 0 aliphatic carbocycles. The number of rotatable bonds is 5. The van der Waals surface area contributed by atoms with Crippen LogP contribution in [0.2, 0.25) is 0 Å². The van der Waals surface area contributed by atoms with Gasteiger partial charge in [0.15, 0.2) is 0 Å². The van der Waals surface area contributed by atoms with Gasteiger partial charge in [0.25, 0.3) is 0 Å². The highest BCUT2D eigenvalue weighted by molar-refractivity contribution is 9.09. The Morgan fingerprint density at radius 3 is 2.57 bits per heavy atom. The molecule has 0 fully saturated rings. The molecule has 0 saturated heterocycles. The molecule has 0 spiro atoms. The van der Waals surface area contributed by atoms with Crippen molar-refractivity contribution < 1.29 is 4.21 Å². The van der Waals surface area contributed by atoms with E-state index in [2.05, 4.69) is 20.7 Å². The number of nitrogen functional groups attached to an aromatic ring is 1. The molecule has 1 rings (SSSR count). The van der Waals surface area contributed by atoms with Gasteiger partial charge in [-0.15, -0.1) is 0 Å². The zero-order chi connectivity index (χ0) is 10.4. The molecule has 0 aliphatic heterocycles. The maximum Gasteiger partial charge on any atom is 0.124 e. The zero-order valence-electron chi connectivity index (χ0n) is 7.70. The van der Waals surface area contributed by atoms with Crippen molar-refractivity contribution in [3.8, 4) is 0 Å².